The summed E-state index contributed by atoms with van der Waals surface area (Å²) in [5.74, 6) is 2.87. The number of nitrogens with zero attached hydrogens (tertiary/aromatic N) is 4. The van der Waals surface area contributed by atoms with E-state index >= 15 is 0 Å². The molecule has 0 spiro atoms. The maximum absolute atomic E-state index is 5.04. The Hall–Kier alpha value is -5.65. The van der Waals surface area contributed by atoms with Crippen molar-refractivity contribution in [1.82, 2.24) is 19.5 Å². The predicted octanol–water partition coefficient (Wildman–Crippen LogP) is 11.3. The van der Waals surface area contributed by atoms with Crippen LogP contribution in [0.4, 0.5) is 0 Å². The molecule has 2 unspecified atom stereocenters. The molecule has 49 heavy (non-hydrogen) atoms. The van der Waals surface area contributed by atoms with Gasteiger partial charge in [0.25, 0.3) is 0 Å². The Morgan fingerprint density at radius 2 is 1.20 bits per heavy atom. The normalized spacial score (nSPS) is 17.6. The third-order valence-electron chi connectivity index (χ3n) is 10.5. The largest absolute Gasteiger partial charge is 0.308 e. The van der Waals surface area contributed by atoms with E-state index in [2.05, 4.69) is 128 Å². The lowest BCUT2D eigenvalue weighted by Crippen LogP contribution is -2.24. The SMILES string of the molecule is CC1(C)c2sc3c(ccc4c5ccccc5n(-c5cccc(-c6nc(-c7ccccc7)nc(-c7ccccc7)n6)c5)c43)c2C2C=CC=CC21. The second-order valence-electron chi connectivity index (χ2n) is 13.7. The first-order valence-electron chi connectivity index (χ1n) is 16.9. The number of aromatic nitrogens is 4. The van der Waals surface area contributed by atoms with Crippen LogP contribution in [0, 0.1) is 5.92 Å². The molecule has 5 aromatic carbocycles. The fourth-order valence-corrected chi connectivity index (χ4v) is 9.69. The van der Waals surface area contributed by atoms with Crippen molar-refractivity contribution in [2.75, 3.05) is 0 Å². The number of allylic oxidation sites excluding steroid dienone is 4. The van der Waals surface area contributed by atoms with E-state index in [1.807, 2.05) is 47.7 Å². The highest BCUT2D eigenvalue weighted by atomic mass is 32.1. The van der Waals surface area contributed by atoms with E-state index in [9.17, 15) is 0 Å². The van der Waals surface area contributed by atoms with Gasteiger partial charge in [-0.2, -0.15) is 0 Å². The van der Waals surface area contributed by atoms with Gasteiger partial charge < -0.3 is 4.57 Å². The average molecular weight is 649 g/mol. The Morgan fingerprint density at radius 1 is 0.592 bits per heavy atom. The molecule has 234 valence electrons. The van der Waals surface area contributed by atoms with Crippen molar-refractivity contribution in [3.63, 3.8) is 0 Å². The van der Waals surface area contributed by atoms with Crippen LogP contribution in [0.1, 0.15) is 30.2 Å². The van der Waals surface area contributed by atoms with E-state index in [1.54, 1.807) is 0 Å². The molecule has 0 bridgehead atoms. The quantitative estimate of drug-likeness (QED) is 0.191. The monoisotopic (exact) mass is 648 g/mol. The van der Waals surface area contributed by atoms with Crippen molar-refractivity contribution >= 4 is 43.2 Å². The summed E-state index contributed by atoms with van der Waals surface area (Å²) in [4.78, 5) is 16.5. The lowest BCUT2D eigenvalue weighted by atomic mass is 9.76. The lowest BCUT2D eigenvalue weighted by Gasteiger charge is -2.29. The molecule has 0 fully saturated rings. The molecule has 2 atom stereocenters. The molecule has 3 aromatic heterocycles. The second kappa shape index (κ2) is 10.7. The van der Waals surface area contributed by atoms with Crippen LogP contribution in [-0.2, 0) is 5.41 Å². The lowest BCUT2D eigenvalue weighted by molar-refractivity contribution is 0.399. The summed E-state index contributed by atoms with van der Waals surface area (Å²) in [6.45, 7) is 4.85. The van der Waals surface area contributed by atoms with Gasteiger partial charge in [-0.25, -0.2) is 15.0 Å². The molecule has 4 nitrogen and oxygen atoms in total. The molecule has 5 heteroatoms. The fraction of sp³-hybridized carbons (Fsp3) is 0.114. The molecular formula is C44H32N4S. The third-order valence-corrected chi connectivity index (χ3v) is 12.0. The minimum atomic E-state index is 0.0691. The van der Waals surface area contributed by atoms with Gasteiger partial charge in [0, 0.05) is 49.4 Å². The van der Waals surface area contributed by atoms with Crippen LogP contribution in [0.5, 0.6) is 0 Å². The van der Waals surface area contributed by atoms with E-state index in [0.29, 0.717) is 29.3 Å². The van der Waals surface area contributed by atoms with E-state index in [4.69, 9.17) is 15.0 Å². The van der Waals surface area contributed by atoms with Gasteiger partial charge in [-0.3, -0.25) is 0 Å². The summed E-state index contributed by atoms with van der Waals surface area (Å²) in [7, 11) is 0. The Balaban J connectivity index is 1.21. The molecule has 0 amide bonds. The molecular weight excluding hydrogens is 617 g/mol. The summed E-state index contributed by atoms with van der Waals surface area (Å²) in [6, 6.07) is 42.5. The van der Waals surface area contributed by atoms with Crippen molar-refractivity contribution in [2.45, 2.75) is 25.2 Å². The van der Waals surface area contributed by atoms with Crippen LogP contribution in [0.25, 0.3) is 71.7 Å². The Morgan fingerprint density at radius 3 is 1.94 bits per heavy atom. The van der Waals surface area contributed by atoms with Crippen molar-refractivity contribution in [3.05, 3.63) is 156 Å². The van der Waals surface area contributed by atoms with Crippen LogP contribution in [0.15, 0.2) is 146 Å². The first kappa shape index (κ1) is 28.4. The number of para-hydroxylation sites is 1. The van der Waals surface area contributed by atoms with Crippen molar-refractivity contribution < 1.29 is 0 Å². The van der Waals surface area contributed by atoms with E-state index in [-0.39, 0.29) is 5.41 Å². The maximum atomic E-state index is 5.04. The van der Waals surface area contributed by atoms with E-state index in [0.717, 1.165) is 22.4 Å². The van der Waals surface area contributed by atoms with E-state index in [1.165, 1.54) is 42.3 Å². The zero-order valence-electron chi connectivity index (χ0n) is 27.2. The molecule has 2 aliphatic rings. The molecule has 0 saturated heterocycles. The van der Waals surface area contributed by atoms with E-state index < -0.39 is 0 Å². The second-order valence-corrected chi connectivity index (χ2v) is 14.7. The zero-order chi connectivity index (χ0) is 32.7. The number of fused-ring (bicyclic) bond motifs is 9. The first-order valence-corrected chi connectivity index (χ1v) is 17.7. The zero-order valence-corrected chi connectivity index (χ0v) is 28.0. The Kier molecular flexibility index (Phi) is 6.18. The van der Waals surface area contributed by atoms with Crippen LogP contribution in [0.3, 0.4) is 0 Å². The van der Waals surface area contributed by atoms with Gasteiger partial charge in [0.1, 0.15) is 0 Å². The highest BCUT2D eigenvalue weighted by Crippen LogP contribution is 2.59. The van der Waals surface area contributed by atoms with Crippen LogP contribution in [-0.4, -0.2) is 19.5 Å². The molecule has 0 aliphatic heterocycles. The average Bonchev–Trinajstić information content (AvgIpc) is 3.79. The molecule has 0 N–H and O–H groups in total. The Bertz CT molecular complexity index is 2590. The molecule has 10 rings (SSSR count). The van der Waals surface area contributed by atoms with Gasteiger partial charge in [-0.1, -0.05) is 141 Å². The first-order chi connectivity index (χ1) is 24.1. The van der Waals surface area contributed by atoms with Crippen LogP contribution in [0.2, 0.25) is 0 Å². The number of rotatable bonds is 4. The summed E-state index contributed by atoms with van der Waals surface area (Å²) >= 11 is 1.99. The smallest absolute Gasteiger partial charge is 0.164 e. The molecule has 0 saturated carbocycles. The van der Waals surface area contributed by atoms with Crippen LogP contribution < -0.4 is 0 Å². The molecule has 0 radical (unpaired) electrons. The predicted molar refractivity (Wildman–Crippen MR) is 203 cm³/mol. The third kappa shape index (κ3) is 4.25. The molecule has 2 aliphatic carbocycles. The van der Waals surface area contributed by atoms with Crippen molar-refractivity contribution in [3.8, 4) is 39.9 Å². The van der Waals surface area contributed by atoms with Gasteiger partial charge in [-0.15, -0.1) is 11.3 Å². The number of hydrogen-bond acceptors (Lipinski definition) is 4. The minimum Gasteiger partial charge on any atom is -0.308 e. The van der Waals surface area contributed by atoms with Gasteiger partial charge >= 0.3 is 0 Å². The summed E-state index contributed by atoms with van der Waals surface area (Å²) in [5, 5.41) is 3.92. The van der Waals surface area contributed by atoms with Crippen molar-refractivity contribution in [1.29, 1.82) is 0 Å². The highest BCUT2D eigenvalue weighted by Gasteiger charge is 2.47. The summed E-state index contributed by atoms with van der Waals surface area (Å²) in [6.07, 6.45) is 9.28. The fourth-order valence-electron chi connectivity index (χ4n) is 8.15. The Labute approximate surface area is 288 Å². The van der Waals surface area contributed by atoms with Gasteiger partial charge in [0.05, 0.1) is 15.7 Å². The highest BCUT2D eigenvalue weighted by molar-refractivity contribution is 7.20. The number of hydrogen-bond donors (Lipinski definition) is 0. The standard InChI is InChI=1S/C44H32N4S/c1-44(2)35-22-11-9-21-33(35)37-34-25-24-32-31-20-10-12-23-36(31)48(38(32)39(34)49-40(37)44)30-19-13-18-29(26-30)43-46-41(27-14-5-3-6-15-27)45-42(47-43)28-16-7-4-8-17-28/h3-26,33,35H,1-2H3. The van der Waals surface area contributed by atoms with Gasteiger partial charge in [-0.05, 0) is 35.1 Å². The molecule has 8 aromatic rings. The van der Waals surface area contributed by atoms with Crippen LogP contribution >= 0.6 is 11.3 Å². The van der Waals surface area contributed by atoms with Gasteiger partial charge in [0.15, 0.2) is 17.5 Å². The topological polar surface area (TPSA) is 43.6 Å². The van der Waals surface area contributed by atoms with Crippen molar-refractivity contribution in [2.24, 2.45) is 5.92 Å². The van der Waals surface area contributed by atoms with Gasteiger partial charge in [0.2, 0.25) is 0 Å². The minimum absolute atomic E-state index is 0.0691. The maximum Gasteiger partial charge on any atom is 0.164 e. The number of thiophene rings is 1. The molecule has 3 heterocycles. The number of benzene rings is 5. The summed E-state index contributed by atoms with van der Waals surface area (Å²) in [5.41, 5.74) is 8.00. The summed E-state index contributed by atoms with van der Waals surface area (Å²) < 4.78 is 3.82.